The van der Waals surface area contributed by atoms with Crippen LogP contribution in [0.4, 0.5) is 11.5 Å². The predicted molar refractivity (Wildman–Crippen MR) is 81.8 cm³/mol. The van der Waals surface area contributed by atoms with Crippen LogP contribution in [0, 0.1) is 0 Å². The van der Waals surface area contributed by atoms with Gasteiger partial charge in [0.1, 0.15) is 5.82 Å². The number of hydrogen-bond acceptors (Lipinski definition) is 4. The molecule has 3 N–H and O–H groups in total. The average Bonchev–Trinajstić information content (AvgIpc) is 3.01. The summed E-state index contributed by atoms with van der Waals surface area (Å²) in [7, 11) is 0. The fraction of sp³-hybridized carbons (Fsp3) is 0.600. The molecule has 1 saturated heterocycles. The van der Waals surface area contributed by atoms with Crippen molar-refractivity contribution >= 4 is 17.4 Å². The molecular formula is C15H24N4O. The highest BCUT2D eigenvalue weighted by molar-refractivity contribution is 5.97. The maximum atomic E-state index is 12.2. The van der Waals surface area contributed by atoms with Gasteiger partial charge in [-0.15, -0.1) is 0 Å². The smallest absolute Gasteiger partial charge is 0.244 e. The molecule has 1 fully saturated rings. The third-order valence-electron chi connectivity index (χ3n) is 4.15. The summed E-state index contributed by atoms with van der Waals surface area (Å²) in [5.41, 5.74) is 5.98. The van der Waals surface area contributed by atoms with Crippen LogP contribution in [0.25, 0.3) is 0 Å². The molecule has 0 aromatic carbocycles. The predicted octanol–water partition coefficient (Wildman–Crippen LogP) is 2.14. The summed E-state index contributed by atoms with van der Waals surface area (Å²) in [5, 5.41) is 2.86. The highest BCUT2D eigenvalue weighted by atomic mass is 16.2. The van der Waals surface area contributed by atoms with Crippen LogP contribution in [0.5, 0.6) is 0 Å². The number of carbonyl (C=O) groups excluding carboxylic acids is 1. The fourth-order valence-electron chi connectivity index (χ4n) is 2.42. The van der Waals surface area contributed by atoms with Crippen LogP contribution < -0.4 is 16.0 Å². The van der Waals surface area contributed by atoms with Crippen LogP contribution in [0.1, 0.15) is 39.5 Å². The first kappa shape index (κ1) is 14.8. The Bertz CT molecular complexity index is 447. The molecular weight excluding hydrogens is 252 g/mol. The topological polar surface area (TPSA) is 71.2 Å². The van der Waals surface area contributed by atoms with Crippen molar-refractivity contribution in [2.45, 2.75) is 45.1 Å². The third kappa shape index (κ3) is 3.10. The summed E-state index contributed by atoms with van der Waals surface area (Å²) in [6.07, 6.45) is 5.40. The molecule has 5 nitrogen and oxygen atoms in total. The van der Waals surface area contributed by atoms with Gasteiger partial charge in [-0.3, -0.25) is 4.79 Å². The Labute approximate surface area is 120 Å². The standard InChI is InChI=1S/C15H24N4O/c1-3-15(16,4-2)14(20)18-12-7-8-13(17-11-12)19-9-5-6-10-19/h7-8,11H,3-6,9-10,16H2,1-2H3,(H,18,20). The Hall–Kier alpha value is -1.62. The van der Waals surface area contributed by atoms with Crippen molar-refractivity contribution in [3.63, 3.8) is 0 Å². The molecule has 1 amide bonds. The highest BCUT2D eigenvalue weighted by Gasteiger charge is 2.29. The Morgan fingerprint density at radius 1 is 1.35 bits per heavy atom. The van der Waals surface area contributed by atoms with Gasteiger partial charge in [0.05, 0.1) is 17.4 Å². The summed E-state index contributed by atoms with van der Waals surface area (Å²) in [6.45, 7) is 5.99. The molecule has 1 aromatic rings. The second kappa shape index (κ2) is 6.22. The van der Waals surface area contributed by atoms with Gasteiger partial charge in [-0.1, -0.05) is 13.8 Å². The van der Waals surface area contributed by atoms with E-state index >= 15 is 0 Å². The van der Waals surface area contributed by atoms with Gasteiger partial charge >= 0.3 is 0 Å². The zero-order valence-electron chi connectivity index (χ0n) is 12.4. The zero-order chi connectivity index (χ0) is 14.6. The van der Waals surface area contributed by atoms with E-state index in [9.17, 15) is 4.79 Å². The van der Waals surface area contributed by atoms with E-state index in [1.165, 1.54) is 12.8 Å². The lowest BCUT2D eigenvalue weighted by molar-refractivity contribution is -0.121. The van der Waals surface area contributed by atoms with Gasteiger partial charge in [0, 0.05) is 13.1 Å². The lowest BCUT2D eigenvalue weighted by atomic mass is 9.93. The van der Waals surface area contributed by atoms with Crippen LogP contribution >= 0.6 is 0 Å². The van der Waals surface area contributed by atoms with Crippen molar-refractivity contribution in [1.29, 1.82) is 0 Å². The maximum absolute atomic E-state index is 12.2. The molecule has 1 aromatic heterocycles. The van der Waals surface area contributed by atoms with Gasteiger partial charge in [0.25, 0.3) is 0 Å². The second-order valence-corrected chi connectivity index (χ2v) is 5.42. The van der Waals surface area contributed by atoms with E-state index in [1.54, 1.807) is 6.20 Å². The minimum Gasteiger partial charge on any atom is -0.357 e. The number of nitrogens with zero attached hydrogens (tertiary/aromatic N) is 2. The summed E-state index contributed by atoms with van der Waals surface area (Å²) in [6, 6.07) is 3.85. The summed E-state index contributed by atoms with van der Waals surface area (Å²) in [5.74, 6) is 0.837. The number of anilines is 2. The van der Waals surface area contributed by atoms with E-state index < -0.39 is 5.54 Å². The Balaban J connectivity index is 2.01. The van der Waals surface area contributed by atoms with Gasteiger partial charge < -0.3 is 16.0 Å². The van der Waals surface area contributed by atoms with Crippen LogP contribution in [-0.4, -0.2) is 29.5 Å². The Morgan fingerprint density at radius 2 is 2.00 bits per heavy atom. The number of nitrogens with two attached hydrogens (primary N) is 1. The fourth-order valence-corrected chi connectivity index (χ4v) is 2.42. The molecule has 0 aliphatic carbocycles. The highest BCUT2D eigenvalue weighted by Crippen LogP contribution is 2.20. The lowest BCUT2D eigenvalue weighted by Crippen LogP contribution is -2.50. The minimum atomic E-state index is -0.798. The van der Waals surface area contributed by atoms with E-state index in [4.69, 9.17) is 5.73 Å². The quantitative estimate of drug-likeness (QED) is 0.864. The average molecular weight is 276 g/mol. The van der Waals surface area contributed by atoms with Gasteiger partial charge in [-0.2, -0.15) is 0 Å². The van der Waals surface area contributed by atoms with Crippen molar-refractivity contribution < 1.29 is 4.79 Å². The van der Waals surface area contributed by atoms with Gasteiger partial charge in [-0.25, -0.2) is 4.98 Å². The molecule has 2 heterocycles. The first-order valence-corrected chi connectivity index (χ1v) is 7.40. The summed E-state index contributed by atoms with van der Waals surface area (Å²) >= 11 is 0. The molecule has 20 heavy (non-hydrogen) atoms. The monoisotopic (exact) mass is 276 g/mol. The molecule has 0 bridgehead atoms. The van der Waals surface area contributed by atoms with E-state index in [0.29, 0.717) is 18.5 Å². The molecule has 2 rings (SSSR count). The molecule has 0 spiro atoms. The second-order valence-electron chi connectivity index (χ2n) is 5.42. The molecule has 5 heteroatoms. The van der Waals surface area contributed by atoms with E-state index in [0.717, 1.165) is 18.9 Å². The van der Waals surface area contributed by atoms with Crippen LogP contribution in [0.3, 0.4) is 0 Å². The van der Waals surface area contributed by atoms with E-state index in [-0.39, 0.29) is 5.91 Å². The summed E-state index contributed by atoms with van der Waals surface area (Å²) in [4.78, 5) is 18.8. The molecule has 1 aliphatic rings. The van der Waals surface area contributed by atoms with Crippen LogP contribution in [0.2, 0.25) is 0 Å². The van der Waals surface area contributed by atoms with Crippen molar-refractivity contribution in [3.05, 3.63) is 18.3 Å². The largest absolute Gasteiger partial charge is 0.357 e. The lowest BCUT2D eigenvalue weighted by Gasteiger charge is -2.25. The first-order valence-electron chi connectivity index (χ1n) is 7.40. The number of hydrogen-bond donors (Lipinski definition) is 2. The van der Waals surface area contributed by atoms with Crippen LogP contribution in [-0.2, 0) is 4.79 Å². The van der Waals surface area contributed by atoms with E-state index in [2.05, 4.69) is 15.2 Å². The van der Waals surface area contributed by atoms with E-state index in [1.807, 2.05) is 26.0 Å². The summed E-state index contributed by atoms with van der Waals surface area (Å²) < 4.78 is 0. The van der Waals surface area contributed by atoms with Gasteiger partial charge in [-0.05, 0) is 37.8 Å². The minimum absolute atomic E-state index is 0.141. The number of rotatable bonds is 5. The number of amides is 1. The molecule has 0 saturated carbocycles. The van der Waals surface area contributed by atoms with Crippen molar-refractivity contribution in [2.24, 2.45) is 5.73 Å². The Kier molecular flexibility index (Phi) is 4.60. The number of pyridine rings is 1. The number of nitrogens with one attached hydrogen (secondary N) is 1. The third-order valence-corrected chi connectivity index (χ3v) is 4.15. The van der Waals surface area contributed by atoms with Crippen molar-refractivity contribution in [1.82, 2.24) is 4.98 Å². The van der Waals surface area contributed by atoms with Crippen LogP contribution in [0.15, 0.2) is 18.3 Å². The molecule has 0 atom stereocenters. The maximum Gasteiger partial charge on any atom is 0.244 e. The Morgan fingerprint density at radius 3 is 2.50 bits per heavy atom. The van der Waals surface area contributed by atoms with Crippen molar-refractivity contribution in [3.8, 4) is 0 Å². The normalized spacial score (nSPS) is 15.4. The van der Waals surface area contributed by atoms with Gasteiger partial charge in [0.2, 0.25) is 5.91 Å². The molecule has 0 unspecified atom stereocenters. The number of carbonyl (C=O) groups is 1. The SMILES string of the molecule is CCC(N)(CC)C(=O)Nc1ccc(N2CCCC2)nc1. The first-order chi connectivity index (χ1) is 9.59. The van der Waals surface area contributed by atoms with Crippen molar-refractivity contribution in [2.75, 3.05) is 23.3 Å². The van der Waals surface area contributed by atoms with Gasteiger partial charge in [0.15, 0.2) is 0 Å². The molecule has 1 aliphatic heterocycles. The molecule has 110 valence electrons. The molecule has 0 radical (unpaired) electrons. The number of aromatic nitrogens is 1. The zero-order valence-corrected chi connectivity index (χ0v) is 12.4.